The molecule has 1 unspecified atom stereocenters. The van der Waals surface area contributed by atoms with Gasteiger partial charge in [-0.25, -0.2) is 8.42 Å². The fourth-order valence-corrected chi connectivity index (χ4v) is 3.14. The first kappa shape index (κ1) is 16.5. The summed E-state index contributed by atoms with van der Waals surface area (Å²) in [6.45, 7) is 1.68. The van der Waals surface area contributed by atoms with Crippen LogP contribution < -0.4 is 11.3 Å². The van der Waals surface area contributed by atoms with E-state index in [0.717, 1.165) is 5.56 Å². The van der Waals surface area contributed by atoms with Gasteiger partial charge in [0, 0.05) is 16.7 Å². The fraction of sp³-hybridized carbons (Fsp3) is 0.538. The van der Waals surface area contributed by atoms with Crippen molar-refractivity contribution < 1.29 is 8.42 Å². The van der Waals surface area contributed by atoms with Crippen molar-refractivity contribution in [3.05, 3.63) is 29.8 Å². The van der Waals surface area contributed by atoms with E-state index in [1.807, 2.05) is 30.5 Å². The molecule has 0 aliphatic heterocycles. The summed E-state index contributed by atoms with van der Waals surface area (Å²) in [6.07, 6.45) is 3.37. The zero-order chi connectivity index (χ0) is 14.3. The van der Waals surface area contributed by atoms with Crippen LogP contribution in [0.25, 0.3) is 0 Å². The van der Waals surface area contributed by atoms with Gasteiger partial charge in [0.05, 0.1) is 5.75 Å². The maximum atomic E-state index is 11.4. The van der Waals surface area contributed by atoms with Crippen LogP contribution >= 0.6 is 11.8 Å². The molecule has 1 aromatic rings. The van der Waals surface area contributed by atoms with Crippen LogP contribution in [0.5, 0.6) is 0 Å². The Hall–Kier alpha value is -0.560. The van der Waals surface area contributed by atoms with Crippen LogP contribution in [-0.2, 0) is 9.84 Å². The Labute approximate surface area is 120 Å². The number of thioether (sulfide) groups is 1. The van der Waals surface area contributed by atoms with E-state index in [2.05, 4.69) is 5.43 Å². The molecule has 1 atom stereocenters. The van der Waals surface area contributed by atoms with Crippen LogP contribution in [0.2, 0.25) is 0 Å². The van der Waals surface area contributed by atoms with Crippen LogP contribution in [0, 0.1) is 0 Å². The molecule has 0 aromatic heterocycles. The van der Waals surface area contributed by atoms with E-state index in [0.29, 0.717) is 12.8 Å². The monoisotopic (exact) mass is 302 g/mol. The van der Waals surface area contributed by atoms with Crippen molar-refractivity contribution >= 4 is 21.6 Å². The summed E-state index contributed by atoms with van der Waals surface area (Å²) in [5.74, 6) is 5.98. The van der Waals surface area contributed by atoms with Gasteiger partial charge in [-0.05, 0) is 36.8 Å². The number of hydrogen-bond acceptors (Lipinski definition) is 5. The smallest absolute Gasteiger partial charge is 0.150 e. The molecule has 19 heavy (non-hydrogen) atoms. The first-order valence-corrected chi connectivity index (χ1v) is 9.37. The Morgan fingerprint density at radius 2 is 1.95 bits per heavy atom. The molecule has 0 bridgehead atoms. The summed E-state index contributed by atoms with van der Waals surface area (Å²) in [7, 11) is -2.89. The van der Waals surface area contributed by atoms with Gasteiger partial charge >= 0.3 is 0 Å². The highest BCUT2D eigenvalue weighted by molar-refractivity contribution is 7.98. The van der Waals surface area contributed by atoms with E-state index in [9.17, 15) is 8.42 Å². The van der Waals surface area contributed by atoms with E-state index in [1.165, 1.54) is 4.90 Å². The minimum Gasteiger partial charge on any atom is -0.271 e. The topological polar surface area (TPSA) is 72.2 Å². The molecule has 0 aliphatic rings. The fourth-order valence-electron chi connectivity index (χ4n) is 1.83. The van der Waals surface area contributed by atoms with Crippen molar-refractivity contribution in [2.75, 3.05) is 17.8 Å². The standard InChI is InChI=1S/C13H22N2O2S2/c1-3-19(16,17)10-4-5-13(15-14)11-6-8-12(18-2)9-7-11/h6-9,13,15H,3-5,10,14H2,1-2H3. The second-order valence-electron chi connectivity index (χ2n) is 4.37. The lowest BCUT2D eigenvalue weighted by atomic mass is 10.0. The van der Waals surface area contributed by atoms with Crippen LogP contribution in [0.4, 0.5) is 0 Å². The number of benzene rings is 1. The van der Waals surface area contributed by atoms with E-state index < -0.39 is 9.84 Å². The summed E-state index contributed by atoms with van der Waals surface area (Å²) < 4.78 is 22.9. The highest BCUT2D eigenvalue weighted by Gasteiger charge is 2.12. The minimum absolute atomic E-state index is 0.00274. The SMILES string of the molecule is CCS(=O)(=O)CCCC(NN)c1ccc(SC)cc1. The second kappa shape index (κ2) is 7.89. The van der Waals surface area contributed by atoms with Gasteiger partial charge in [0.1, 0.15) is 9.84 Å². The predicted octanol–water partition coefficient (Wildman–Crippen LogP) is 2.13. The van der Waals surface area contributed by atoms with Crippen LogP contribution in [0.3, 0.4) is 0 Å². The van der Waals surface area contributed by atoms with Crippen molar-refractivity contribution in [3.8, 4) is 0 Å². The third kappa shape index (κ3) is 5.52. The maximum Gasteiger partial charge on any atom is 0.150 e. The Morgan fingerprint density at radius 3 is 2.42 bits per heavy atom. The van der Waals surface area contributed by atoms with Gasteiger partial charge in [0.15, 0.2) is 0 Å². The van der Waals surface area contributed by atoms with E-state index in [4.69, 9.17) is 5.84 Å². The molecule has 0 saturated carbocycles. The average molecular weight is 302 g/mol. The van der Waals surface area contributed by atoms with E-state index >= 15 is 0 Å². The molecule has 0 radical (unpaired) electrons. The molecule has 3 N–H and O–H groups in total. The molecule has 0 fully saturated rings. The maximum absolute atomic E-state index is 11.4. The van der Waals surface area contributed by atoms with Crippen molar-refractivity contribution in [2.24, 2.45) is 5.84 Å². The van der Waals surface area contributed by atoms with Gasteiger partial charge in [-0.1, -0.05) is 19.1 Å². The van der Waals surface area contributed by atoms with Gasteiger partial charge in [-0.15, -0.1) is 11.8 Å². The third-order valence-corrected chi connectivity index (χ3v) is 5.64. The summed E-state index contributed by atoms with van der Waals surface area (Å²) >= 11 is 1.69. The first-order valence-electron chi connectivity index (χ1n) is 6.33. The Bertz CT molecular complexity index is 472. The van der Waals surface area contributed by atoms with Crippen molar-refractivity contribution in [1.29, 1.82) is 0 Å². The highest BCUT2D eigenvalue weighted by Crippen LogP contribution is 2.21. The molecular weight excluding hydrogens is 280 g/mol. The molecule has 1 rings (SSSR count). The summed E-state index contributed by atoms with van der Waals surface area (Å²) in [5, 5.41) is 0. The van der Waals surface area contributed by atoms with Crippen LogP contribution in [0.1, 0.15) is 31.4 Å². The van der Waals surface area contributed by atoms with Crippen molar-refractivity contribution in [2.45, 2.75) is 30.7 Å². The van der Waals surface area contributed by atoms with Crippen molar-refractivity contribution in [1.82, 2.24) is 5.43 Å². The number of rotatable bonds is 8. The summed E-state index contributed by atoms with van der Waals surface area (Å²) in [6, 6.07) is 8.17. The lowest BCUT2D eigenvalue weighted by molar-refractivity contribution is 0.507. The Balaban J connectivity index is 2.57. The molecule has 0 amide bonds. The molecule has 1 aromatic carbocycles. The van der Waals surface area contributed by atoms with Gasteiger partial charge in [-0.2, -0.15) is 0 Å². The molecule has 0 saturated heterocycles. The molecular formula is C13H22N2O2S2. The number of nitrogens with one attached hydrogen (secondary N) is 1. The predicted molar refractivity (Wildman–Crippen MR) is 81.8 cm³/mol. The summed E-state index contributed by atoms with van der Waals surface area (Å²) in [4.78, 5) is 1.20. The van der Waals surface area contributed by atoms with E-state index in [-0.39, 0.29) is 17.5 Å². The highest BCUT2D eigenvalue weighted by atomic mass is 32.2. The number of sulfone groups is 1. The molecule has 4 nitrogen and oxygen atoms in total. The van der Waals surface area contributed by atoms with Crippen molar-refractivity contribution in [3.63, 3.8) is 0 Å². The van der Waals surface area contributed by atoms with Gasteiger partial charge in [0.25, 0.3) is 0 Å². The zero-order valence-electron chi connectivity index (χ0n) is 11.4. The number of nitrogens with two attached hydrogens (primary N) is 1. The first-order chi connectivity index (χ1) is 9.02. The quantitative estimate of drug-likeness (QED) is 0.437. The Morgan fingerprint density at radius 1 is 1.32 bits per heavy atom. The van der Waals surface area contributed by atoms with E-state index in [1.54, 1.807) is 18.7 Å². The lowest BCUT2D eigenvalue weighted by Gasteiger charge is -2.16. The normalized spacial score (nSPS) is 13.4. The zero-order valence-corrected chi connectivity index (χ0v) is 13.1. The second-order valence-corrected chi connectivity index (χ2v) is 7.72. The Kier molecular flexibility index (Phi) is 6.85. The number of hydrogen-bond donors (Lipinski definition) is 2. The summed E-state index contributed by atoms with van der Waals surface area (Å²) in [5.41, 5.74) is 3.85. The average Bonchev–Trinajstić information content (AvgIpc) is 2.44. The van der Waals surface area contributed by atoms with Crippen LogP contribution in [-0.4, -0.2) is 26.2 Å². The lowest BCUT2D eigenvalue weighted by Crippen LogP contribution is -2.28. The van der Waals surface area contributed by atoms with Gasteiger partial charge < -0.3 is 0 Å². The molecule has 0 spiro atoms. The van der Waals surface area contributed by atoms with Gasteiger partial charge in [-0.3, -0.25) is 11.3 Å². The minimum atomic E-state index is -2.89. The van der Waals surface area contributed by atoms with Gasteiger partial charge in [0.2, 0.25) is 0 Å². The molecule has 0 heterocycles. The number of hydrazine groups is 1. The molecule has 0 aliphatic carbocycles. The molecule has 6 heteroatoms. The van der Waals surface area contributed by atoms with Crippen LogP contribution in [0.15, 0.2) is 29.2 Å². The third-order valence-electron chi connectivity index (χ3n) is 3.11. The largest absolute Gasteiger partial charge is 0.271 e. The molecule has 108 valence electrons.